The van der Waals surface area contributed by atoms with Crippen molar-refractivity contribution in [2.45, 2.75) is 30.0 Å². The Bertz CT molecular complexity index is 438. The van der Waals surface area contributed by atoms with Crippen LogP contribution in [-0.4, -0.2) is 38.5 Å². The maximum atomic E-state index is 11.7. The first-order valence-corrected chi connectivity index (χ1v) is 10.1. The Labute approximate surface area is 120 Å². The number of hydrogen-bond acceptors (Lipinski definition) is 4. The van der Waals surface area contributed by atoms with Crippen molar-refractivity contribution in [1.29, 1.82) is 0 Å². The summed E-state index contributed by atoms with van der Waals surface area (Å²) in [6.45, 7) is 2.00. The molecule has 108 valence electrons. The number of carboxylic acids is 1. The van der Waals surface area contributed by atoms with Gasteiger partial charge >= 0.3 is 5.97 Å². The fourth-order valence-corrected chi connectivity index (χ4v) is 5.18. The van der Waals surface area contributed by atoms with Crippen LogP contribution >= 0.6 is 29.0 Å². The van der Waals surface area contributed by atoms with Crippen LogP contribution in [0.5, 0.6) is 0 Å². The number of carbonyl (C=O) groups is 1. The van der Waals surface area contributed by atoms with E-state index in [0.29, 0.717) is 6.42 Å². The number of rotatable bonds is 9. The van der Waals surface area contributed by atoms with Crippen LogP contribution in [0.2, 0.25) is 0 Å². The lowest BCUT2D eigenvalue weighted by molar-refractivity contribution is -0.136. The SMILES string of the molecule is CC(CCP(=O)(O)CCC(=O)O)SSc1ccc[nH]1. The van der Waals surface area contributed by atoms with Crippen LogP contribution in [0.15, 0.2) is 23.4 Å². The van der Waals surface area contributed by atoms with Crippen LogP contribution in [-0.2, 0) is 9.36 Å². The second kappa shape index (κ2) is 8.04. The Balaban J connectivity index is 2.23. The number of aromatic amines is 1. The number of hydrogen-bond donors (Lipinski definition) is 3. The van der Waals surface area contributed by atoms with E-state index >= 15 is 0 Å². The van der Waals surface area contributed by atoms with E-state index in [4.69, 9.17) is 5.11 Å². The highest BCUT2D eigenvalue weighted by molar-refractivity contribution is 8.76. The molecule has 19 heavy (non-hydrogen) atoms. The van der Waals surface area contributed by atoms with Gasteiger partial charge in [-0.1, -0.05) is 17.7 Å². The molecule has 8 heteroatoms. The third kappa shape index (κ3) is 7.72. The van der Waals surface area contributed by atoms with Crippen molar-refractivity contribution in [3.63, 3.8) is 0 Å². The van der Waals surface area contributed by atoms with Gasteiger partial charge < -0.3 is 15.0 Å². The Hall–Kier alpha value is -0.360. The molecule has 0 radical (unpaired) electrons. The number of aromatic nitrogens is 1. The summed E-state index contributed by atoms with van der Waals surface area (Å²) in [4.78, 5) is 23.1. The van der Waals surface area contributed by atoms with Crippen molar-refractivity contribution in [2.75, 3.05) is 12.3 Å². The molecule has 5 nitrogen and oxygen atoms in total. The van der Waals surface area contributed by atoms with Gasteiger partial charge in [0.25, 0.3) is 0 Å². The summed E-state index contributed by atoms with van der Waals surface area (Å²) >= 11 is 0. The van der Waals surface area contributed by atoms with Gasteiger partial charge in [-0.2, -0.15) is 0 Å². The zero-order valence-electron chi connectivity index (χ0n) is 10.6. The first-order chi connectivity index (χ1) is 8.89. The first kappa shape index (κ1) is 16.7. The average molecular weight is 323 g/mol. The van der Waals surface area contributed by atoms with Gasteiger partial charge in [0.2, 0.25) is 7.37 Å². The molecule has 2 atom stereocenters. The first-order valence-electron chi connectivity index (χ1n) is 5.88. The predicted molar refractivity (Wildman–Crippen MR) is 80.1 cm³/mol. The van der Waals surface area contributed by atoms with E-state index in [9.17, 15) is 14.3 Å². The summed E-state index contributed by atoms with van der Waals surface area (Å²) in [5.41, 5.74) is 0. The summed E-state index contributed by atoms with van der Waals surface area (Å²) < 4.78 is 11.7. The van der Waals surface area contributed by atoms with E-state index < -0.39 is 13.3 Å². The van der Waals surface area contributed by atoms with Gasteiger partial charge in [-0.15, -0.1) is 0 Å². The molecule has 2 unspecified atom stereocenters. The minimum Gasteiger partial charge on any atom is -0.481 e. The zero-order chi connectivity index (χ0) is 14.3. The molecule has 0 aliphatic carbocycles. The van der Waals surface area contributed by atoms with Crippen molar-refractivity contribution >= 4 is 34.9 Å². The Morgan fingerprint density at radius 3 is 2.84 bits per heavy atom. The van der Waals surface area contributed by atoms with E-state index in [2.05, 4.69) is 4.98 Å². The molecule has 1 rings (SSSR count). The van der Waals surface area contributed by atoms with Crippen molar-refractivity contribution in [3.05, 3.63) is 18.3 Å². The highest BCUT2D eigenvalue weighted by Gasteiger charge is 2.20. The smallest absolute Gasteiger partial charge is 0.303 e. The lowest BCUT2D eigenvalue weighted by Gasteiger charge is -2.13. The van der Waals surface area contributed by atoms with Crippen LogP contribution in [0.3, 0.4) is 0 Å². The fourth-order valence-electron chi connectivity index (χ4n) is 1.31. The minimum atomic E-state index is -3.30. The normalized spacial score (nSPS) is 15.9. The topological polar surface area (TPSA) is 90.4 Å². The van der Waals surface area contributed by atoms with Crippen LogP contribution < -0.4 is 0 Å². The van der Waals surface area contributed by atoms with Gasteiger partial charge in [0.15, 0.2) is 0 Å². The summed E-state index contributed by atoms with van der Waals surface area (Å²) in [5.74, 6) is -1.03. The average Bonchev–Trinajstić information content (AvgIpc) is 2.85. The second-order valence-electron chi connectivity index (χ2n) is 4.25. The highest BCUT2D eigenvalue weighted by atomic mass is 33.1. The van der Waals surface area contributed by atoms with Crippen LogP contribution in [0.1, 0.15) is 19.8 Å². The van der Waals surface area contributed by atoms with E-state index in [-0.39, 0.29) is 24.0 Å². The van der Waals surface area contributed by atoms with Gasteiger partial charge in [0, 0.05) is 23.8 Å². The second-order valence-corrected chi connectivity index (χ2v) is 9.52. The molecule has 1 aromatic rings. The molecule has 0 saturated carbocycles. The van der Waals surface area contributed by atoms with Crippen molar-refractivity contribution in [1.82, 2.24) is 4.98 Å². The molecule has 0 aromatic carbocycles. The molecule has 0 bridgehead atoms. The van der Waals surface area contributed by atoms with Gasteiger partial charge in [-0.05, 0) is 29.3 Å². The molecular weight excluding hydrogens is 305 g/mol. The van der Waals surface area contributed by atoms with E-state index in [1.165, 1.54) is 0 Å². The molecule has 1 heterocycles. The quantitative estimate of drug-likeness (QED) is 0.477. The maximum Gasteiger partial charge on any atom is 0.303 e. The third-order valence-electron chi connectivity index (χ3n) is 2.43. The van der Waals surface area contributed by atoms with E-state index in [1.807, 2.05) is 25.3 Å². The largest absolute Gasteiger partial charge is 0.481 e. The molecule has 0 fully saturated rings. The standard InChI is InChI=1S/C11H18NO4PS2/c1-9(18-19-10-3-2-6-12-10)4-7-17(15,16)8-5-11(13)14/h2-3,6,9,12H,4-5,7-8H2,1H3,(H,13,14)(H,15,16). The summed E-state index contributed by atoms with van der Waals surface area (Å²) in [6, 6.07) is 3.88. The molecule has 3 N–H and O–H groups in total. The minimum absolute atomic E-state index is 0.135. The third-order valence-corrected chi connectivity index (χ3v) is 7.22. The predicted octanol–water partition coefficient (Wildman–Crippen LogP) is 3.28. The molecule has 0 aliphatic rings. The van der Waals surface area contributed by atoms with Crippen LogP contribution in [0, 0.1) is 0 Å². The van der Waals surface area contributed by atoms with E-state index in [0.717, 1.165) is 5.03 Å². The van der Waals surface area contributed by atoms with Gasteiger partial charge in [-0.3, -0.25) is 9.36 Å². The molecule has 0 amide bonds. The summed E-state index contributed by atoms with van der Waals surface area (Å²) in [6.07, 6.45) is 2.25. The van der Waals surface area contributed by atoms with Crippen LogP contribution in [0.25, 0.3) is 0 Å². The Kier molecular flexibility index (Phi) is 7.07. The molecule has 1 aromatic heterocycles. The number of H-pyrrole nitrogens is 1. The molecular formula is C11H18NO4PS2. The Morgan fingerprint density at radius 1 is 1.53 bits per heavy atom. The fraction of sp³-hybridized carbons (Fsp3) is 0.545. The van der Waals surface area contributed by atoms with Gasteiger partial charge in [0.05, 0.1) is 11.4 Å². The van der Waals surface area contributed by atoms with Crippen molar-refractivity contribution < 1.29 is 19.4 Å². The van der Waals surface area contributed by atoms with Crippen molar-refractivity contribution in [3.8, 4) is 0 Å². The van der Waals surface area contributed by atoms with Gasteiger partial charge in [0.1, 0.15) is 0 Å². The van der Waals surface area contributed by atoms with Crippen molar-refractivity contribution in [2.24, 2.45) is 0 Å². The zero-order valence-corrected chi connectivity index (χ0v) is 13.1. The van der Waals surface area contributed by atoms with Gasteiger partial charge in [-0.25, -0.2) is 0 Å². The maximum absolute atomic E-state index is 11.7. The number of aliphatic carboxylic acids is 1. The molecule has 0 saturated heterocycles. The Morgan fingerprint density at radius 2 is 2.26 bits per heavy atom. The molecule has 0 spiro atoms. The van der Waals surface area contributed by atoms with E-state index in [1.54, 1.807) is 21.6 Å². The monoisotopic (exact) mass is 323 g/mol. The van der Waals surface area contributed by atoms with Crippen LogP contribution in [0.4, 0.5) is 0 Å². The molecule has 0 aliphatic heterocycles. The number of carboxylic acid groups (broad SMARTS) is 1. The lowest BCUT2D eigenvalue weighted by atomic mass is 10.4. The summed E-state index contributed by atoms with van der Waals surface area (Å²) in [5, 5.41) is 9.79. The number of nitrogens with one attached hydrogen (secondary N) is 1. The lowest BCUT2D eigenvalue weighted by Crippen LogP contribution is -2.05. The highest BCUT2D eigenvalue weighted by Crippen LogP contribution is 2.44. The summed E-state index contributed by atoms with van der Waals surface area (Å²) in [7, 11) is -0.0594.